The Balaban J connectivity index is 1.18. The zero-order valence-corrected chi connectivity index (χ0v) is 35.4. The van der Waals surface area contributed by atoms with Gasteiger partial charge in [0.25, 0.3) is 0 Å². The van der Waals surface area contributed by atoms with E-state index in [1.807, 2.05) is 24.3 Å². The maximum absolute atomic E-state index is 14.3. The summed E-state index contributed by atoms with van der Waals surface area (Å²) < 4.78 is 12.5. The number of carboxylic acids is 1. The number of esters is 2. The molecule has 6 aliphatic carbocycles. The number of fused-ring (bicyclic) bond motifs is 6. The lowest BCUT2D eigenvalue weighted by atomic mass is 9.33. The Morgan fingerprint density at radius 3 is 2.24 bits per heavy atom. The molecule has 1 aromatic rings. The zero-order valence-electron chi connectivity index (χ0n) is 34.7. The summed E-state index contributed by atoms with van der Waals surface area (Å²) in [7, 11) is 0. The highest BCUT2D eigenvalue weighted by Gasteiger charge is 2.82. The largest absolute Gasteiger partial charge is 0.481 e. The molecule has 7 rings (SSSR count). The molecule has 5 fully saturated rings. The van der Waals surface area contributed by atoms with Gasteiger partial charge in [-0.3, -0.25) is 19.2 Å². The van der Waals surface area contributed by atoms with Gasteiger partial charge in [-0.05, 0) is 140 Å². The van der Waals surface area contributed by atoms with Crippen molar-refractivity contribution in [1.29, 1.82) is 0 Å². The maximum atomic E-state index is 14.3. The van der Waals surface area contributed by atoms with Crippen LogP contribution < -0.4 is 5.32 Å². The number of carbonyl (C=O) groups excluding carboxylic acids is 3. The van der Waals surface area contributed by atoms with E-state index in [-0.39, 0.29) is 63.2 Å². The quantitative estimate of drug-likeness (QED) is 0.213. The molecule has 0 heterocycles. The molecular formula is C46H64ClNO7. The Morgan fingerprint density at radius 2 is 1.60 bits per heavy atom. The minimum absolute atomic E-state index is 0.0328. The number of carbonyl (C=O) groups is 4. The number of halogens is 1. The Kier molecular flexibility index (Phi) is 9.88. The van der Waals surface area contributed by atoms with Gasteiger partial charge < -0.3 is 19.9 Å². The predicted molar refractivity (Wildman–Crippen MR) is 212 cm³/mol. The van der Waals surface area contributed by atoms with Crippen molar-refractivity contribution in [3.8, 4) is 0 Å². The van der Waals surface area contributed by atoms with Crippen molar-refractivity contribution >= 4 is 35.3 Å². The smallest absolute Gasteiger partial charge is 0.309 e. The molecule has 0 aliphatic heterocycles. The van der Waals surface area contributed by atoms with Crippen LogP contribution in [0.15, 0.2) is 35.4 Å². The van der Waals surface area contributed by atoms with Crippen LogP contribution in [0.5, 0.6) is 0 Å². The third-order valence-corrected chi connectivity index (χ3v) is 17.6. The van der Waals surface area contributed by atoms with Gasteiger partial charge in [-0.2, -0.15) is 0 Å². The monoisotopic (exact) mass is 777 g/mol. The lowest BCUT2D eigenvalue weighted by Gasteiger charge is -2.71. The van der Waals surface area contributed by atoms with Crippen LogP contribution in [0.1, 0.15) is 139 Å². The van der Waals surface area contributed by atoms with E-state index in [2.05, 4.69) is 46.9 Å². The SMILES string of the molecule is CC(=O)OC(CNCc1ccc(Cl)cc1)C12CC[C@]3(C)[C@H](CC[C@@H]4[C@@]5(C)CC[C@H](OC(=O)CC(C)(C)C(=O)O)C6(C)C[C@]65CC[C@]43C)C1=C(C(C)C)C(=O)C2. The number of aliphatic carboxylic acids is 1. The normalized spacial score (nSPS) is 39.6. The van der Waals surface area contributed by atoms with Crippen LogP contribution in [-0.4, -0.2) is 47.6 Å². The van der Waals surface area contributed by atoms with Crippen molar-refractivity contribution in [2.45, 2.75) is 152 Å². The number of rotatable bonds is 11. The Morgan fingerprint density at radius 1 is 0.927 bits per heavy atom. The van der Waals surface area contributed by atoms with E-state index in [9.17, 15) is 24.3 Å². The molecule has 0 saturated heterocycles. The van der Waals surface area contributed by atoms with Crippen molar-refractivity contribution in [1.82, 2.24) is 5.32 Å². The standard InChI is InChI=1S/C46H64ClNO7/c1-27(2)37-32(50)22-45(35(54-28(3)49)25-48-24-29-10-12-30(47)13-11-29)20-18-41(6)31(38(37)45)14-15-33-42(41,7)19-21-46-26-44(46,9)34(16-17-43(33,46)8)55-36(51)23-40(4,5)39(52)53/h10-13,27,31,33-35,48H,14-26H2,1-9H3,(H,52,53)/t31-,33+,34+,35?,41-,42-,43-,44?,45?,46+/m1/s1. The molecule has 302 valence electrons. The number of carboxylic acid groups (broad SMARTS) is 1. The Labute approximate surface area is 333 Å². The number of benzene rings is 1. The van der Waals surface area contributed by atoms with E-state index < -0.39 is 28.9 Å². The second kappa shape index (κ2) is 13.4. The summed E-state index contributed by atoms with van der Waals surface area (Å²) >= 11 is 6.15. The molecule has 9 heteroatoms. The van der Waals surface area contributed by atoms with Gasteiger partial charge in [-0.1, -0.05) is 65.3 Å². The average Bonchev–Trinajstić information content (AvgIpc) is 3.62. The van der Waals surface area contributed by atoms with Gasteiger partial charge in [-0.15, -0.1) is 0 Å². The number of hydrogen-bond acceptors (Lipinski definition) is 7. The number of ketones is 1. The van der Waals surface area contributed by atoms with Crippen LogP contribution in [0.2, 0.25) is 5.02 Å². The molecule has 3 unspecified atom stereocenters. The number of nitrogens with one attached hydrogen (secondary N) is 1. The fourth-order valence-electron chi connectivity index (χ4n) is 14.2. The summed E-state index contributed by atoms with van der Waals surface area (Å²) in [4.78, 5) is 52.0. The number of Topliss-reactive ketones (excluding diaryl/α,β-unsaturated/α-hetero) is 1. The molecule has 1 spiro atoms. The highest BCUT2D eigenvalue weighted by atomic mass is 35.5. The molecule has 0 amide bonds. The zero-order chi connectivity index (χ0) is 40.1. The van der Waals surface area contributed by atoms with Crippen LogP contribution >= 0.6 is 11.6 Å². The first-order valence-corrected chi connectivity index (χ1v) is 21.3. The van der Waals surface area contributed by atoms with Crippen LogP contribution in [0.4, 0.5) is 0 Å². The fraction of sp³-hybridized carbons (Fsp3) is 0.739. The van der Waals surface area contributed by atoms with Crippen molar-refractivity contribution in [2.75, 3.05) is 6.54 Å². The lowest BCUT2D eigenvalue weighted by Crippen LogP contribution is -2.65. The van der Waals surface area contributed by atoms with Crippen molar-refractivity contribution in [2.24, 2.45) is 55.7 Å². The second-order valence-electron chi connectivity index (χ2n) is 20.6. The van der Waals surface area contributed by atoms with Gasteiger partial charge in [-0.25, -0.2) is 0 Å². The third-order valence-electron chi connectivity index (χ3n) is 17.3. The first-order chi connectivity index (χ1) is 25.6. The van der Waals surface area contributed by atoms with Gasteiger partial charge in [0.05, 0.1) is 11.8 Å². The summed E-state index contributed by atoms with van der Waals surface area (Å²) in [5, 5.41) is 13.9. The van der Waals surface area contributed by atoms with Crippen LogP contribution in [0.25, 0.3) is 0 Å². The highest BCUT2D eigenvalue weighted by Crippen LogP contribution is 2.87. The molecule has 0 radical (unpaired) electrons. The fourth-order valence-corrected chi connectivity index (χ4v) is 14.3. The summed E-state index contributed by atoms with van der Waals surface area (Å²) in [6, 6.07) is 7.77. The van der Waals surface area contributed by atoms with E-state index in [1.54, 1.807) is 13.8 Å². The van der Waals surface area contributed by atoms with Crippen LogP contribution in [0, 0.1) is 55.7 Å². The molecular weight excluding hydrogens is 714 g/mol. The van der Waals surface area contributed by atoms with E-state index in [1.165, 1.54) is 12.5 Å². The molecule has 0 bridgehead atoms. The van der Waals surface area contributed by atoms with Crippen molar-refractivity contribution in [3.63, 3.8) is 0 Å². The van der Waals surface area contributed by atoms with Gasteiger partial charge >= 0.3 is 17.9 Å². The van der Waals surface area contributed by atoms with Crippen molar-refractivity contribution < 1.29 is 33.8 Å². The topological polar surface area (TPSA) is 119 Å². The summed E-state index contributed by atoms with van der Waals surface area (Å²) in [5.41, 5.74) is 1.70. The summed E-state index contributed by atoms with van der Waals surface area (Å²) in [5.74, 6) is -0.704. The van der Waals surface area contributed by atoms with E-state index in [4.69, 9.17) is 21.1 Å². The molecule has 10 atom stereocenters. The van der Waals surface area contributed by atoms with E-state index >= 15 is 0 Å². The van der Waals surface area contributed by atoms with E-state index in [0.717, 1.165) is 68.9 Å². The third kappa shape index (κ3) is 5.90. The van der Waals surface area contributed by atoms with Gasteiger partial charge in [0.1, 0.15) is 12.2 Å². The average molecular weight is 778 g/mol. The molecule has 0 aromatic heterocycles. The lowest BCUT2D eigenvalue weighted by molar-refractivity contribution is -0.221. The van der Waals surface area contributed by atoms with Crippen molar-refractivity contribution in [3.05, 3.63) is 46.0 Å². The van der Waals surface area contributed by atoms with Gasteiger partial charge in [0.2, 0.25) is 0 Å². The molecule has 5 saturated carbocycles. The van der Waals surface area contributed by atoms with Gasteiger partial charge in [0.15, 0.2) is 5.78 Å². The number of hydrogen-bond donors (Lipinski definition) is 2. The van der Waals surface area contributed by atoms with Crippen LogP contribution in [0.3, 0.4) is 0 Å². The number of allylic oxidation sites excluding steroid dienone is 1. The number of ether oxygens (including phenoxy) is 2. The second-order valence-corrected chi connectivity index (χ2v) is 21.0. The van der Waals surface area contributed by atoms with Gasteiger partial charge in [0, 0.05) is 42.3 Å². The molecule has 2 N–H and O–H groups in total. The summed E-state index contributed by atoms with van der Waals surface area (Å²) in [6.07, 6.45) is 8.47. The first kappa shape index (κ1) is 40.5. The van der Waals surface area contributed by atoms with Crippen LogP contribution in [-0.2, 0) is 35.2 Å². The Hall–Kier alpha value is -2.71. The molecule has 55 heavy (non-hydrogen) atoms. The summed E-state index contributed by atoms with van der Waals surface area (Å²) in [6.45, 7) is 20.0. The molecule has 6 aliphatic rings. The Bertz CT molecular complexity index is 1800. The minimum Gasteiger partial charge on any atom is -0.481 e. The maximum Gasteiger partial charge on any atom is 0.309 e. The predicted octanol–water partition coefficient (Wildman–Crippen LogP) is 9.51. The molecule has 1 aromatic carbocycles. The molecule has 8 nitrogen and oxygen atoms in total. The highest BCUT2D eigenvalue weighted by molar-refractivity contribution is 6.30. The first-order valence-electron chi connectivity index (χ1n) is 20.9. The minimum atomic E-state index is -1.17. The van der Waals surface area contributed by atoms with E-state index in [0.29, 0.717) is 30.5 Å².